The van der Waals surface area contributed by atoms with Gasteiger partial charge in [-0.25, -0.2) is 4.79 Å². The van der Waals surface area contributed by atoms with Crippen molar-refractivity contribution in [1.29, 1.82) is 0 Å². The second-order valence-electron chi connectivity index (χ2n) is 13.2. The molecule has 2 fully saturated rings. The van der Waals surface area contributed by atoms with E-state index in [-0.39, 0.29) is 12.1 Å². The molecular formula is C41H50N4O. The van der Waals surface area contributed by atoms with E-state index in [0.29, 0.717) is 12.6 Å². The smallest absolute Gasteiger partial charge is 0.318 e. The number of rotatable bonds is 12. The first-order chi connectivity index (χ1) is 22.7. The maximum absolute atomic E-state index is 14.0. The van der Waals surface area contributed by atoms with Crippen LogP contribution < -0.4 is 10.6 Å². The van der Waals surface area contributed by atoms with Gasteiger partial charge < -0.3 is 15.5 Å². The van der Waals surface area contributed by atoms with Crippen LogP contribution in [0.25, 0.3) is 11.1 Å². The van der Waals surface area contributed by atoms with Crippen molar-refractivity contribution in [3.8, 4) is 11.1 Å². The van der Waals surface area contributed by atoms with Crippen LogP contribution in [0.2, 0.25) is 0 Å². The highest BCUT2D eigenvalue weighted by atomic mass is 16.2. The van der Waals surface area contributed by atoms with E-state index in [0.717, 1.165) is 64.8 Å². The van der Waals surface area contributed by atoms with Crippen molar-refractivity contribution < 1.29 is 4.79 Å². The van der Waals surface area contributed by atoms with E-state index >= 15 is 0 Å². The highest BCUT2D eigenvalue weighted by Gasteiger charge is 2.30. The van der Waals surface area contributed by atoms with Gasteiger partial charge in [0.25, 0.3) is 0 Å². The summed E-state index contributed by atoms with van der Waals surface area (Å²) in [6, 6.07) is 39.6. The second-order valence-corrected chi connectivity index (χ2v) is 13.2. The summed E-state index contributed by atoms with van der Waals surface area (Å²) in [7, 11) is 0. The number of hydrogen-bond acceptors (Lipinski definition) is 3. The van der Waals surface area contributed by atoms with E-state index in [2.05, 4.69) is 130 Å². The van der Waals surface area contributed by atoms with Gasteiger partial charge in [0.2, 0.25) is 0 Å². The van der Waals surface area contributed by atoms with Crippen molar-refractivity contribution in [1.82, 2.24) is 20.4 Å². The lowest BCUT2D eigenvalue weighted by molar-refractivity contribution is 0.110. The lowest BCUT2D eigenvalue weighted by Crippen LogP contribution is -2.52. The summed E-state index contributed by atoms with van der Waals surface area (Å²) in [6.07, 6.45) is 8.93. The van der Waals surface area contributed by atoms with Crippen molar-refractivity contribution >= 4 is 6.03 Å². The first kappa shape index (κ1) is 32.0. The third-order valence-corrected chi connectivity index (χ3v) is 9.83. The number of nitrogens with zero attached hydrogens (tertiary/aromatic N) is 2. The van der Waals surface area contributed by atoms with Gasteiger partial charge in [-0.15, -0.1) is 0 Å². The van der Waals surface area contributed by atoms with Crippen LogP contribution in [0.3, 0.4) is 0 Å². The summed E-state index contributed by atoms with van der Waals surface area (Å²) < 4.78 is 0. The molecule has 2 N–H and O–H groups in total. The van der Waals surface area contributed by atoms with E-state index in [1.54, 1.807) is 0 Å². The van der Waals surface area contributed by atoms with Gasteiger partial charge in [-0.05, 0) is 72.0 Å². The molecular weight excluding hydrogens is 564 g/mol. The molecule has 1 aliphatic carbocycles. The third-order valence-electron chi connectivity index (χ3n) is 9.83. The zero-order valence-corrected chi connectivity index (χ0v) is 27.2. The molecule has 0 atom stereocenters. The van der Waals surface area contributed by atoms with Crippen LogP contribution in [-0.4, -0.2) is 47.5 Å². The number of benzene rings is 4. The van der Waals surface area contributed by atoms with Gasteiger partial charge in [0.1, 0.15) is 0 Å². The minimum absolute atomic E-state index is 0.111. The number of likely N-dealkylation sites (tertiary alicyclic amines) is 1. The Morgan fingerprint density at radius 1 is 0.696 bits per heavy atom. The number of hydrogen-bond donors (Lipinski definition) is 2. The molecule has 2 aliphatic rings. The molecule has 0 aromatic heterocycles. The number of amides is 2. The van der Waals surface area contributed by atoms with E-state index in [1.807, 2.05) is 0 Å². The minimum atomic E-state index is 0.111. The monoisotopic (exact) mass is 614 g/mol. The lowest BCUT2D eigenvalue weighted by atomic mass is 9.95. The summed E-state index contributed by atoms with van der Waals surface area (Å²) in [5, 5.41) is 7.05. The lowest BCUT2D eigenvalue weighted by Gasteiger charge is -2.39. The maximum Gasteiger partial charge on any atom is 0.318 e. The van der Waals surface area contributed by atoms with Gasteiger partial charge in [-0.2, -0.15) is 0 Å². The first-order valence-corrected chi connectivity index (χ1v) is 17.5. The summed E-state index contributed by atoms with van der Waals surface area (Å²) in [4.78, 5) is 18.7. The van der Waals surface area contributed by atoms with Crippen LogP contribution in [0.5, 0.6) is 0 Å². The Hall–Kier alpha value is -3.93. The molecule has 4 aromatic rings. The SMILES string of the molecule is O=C(NC1CCCCC1)N(Cc1ccccc1-c1ccc(CNCCc2ccccc2)cc1)C1CCN(Cc2ccccc2)CC1. The molecule has 0 radical (unpaired) electrons. The van der Waals surface area contributed by atoms with Gasteiger partial charge in [0.05, 0.1) is 0 Å². The summed E-state index contributed by atoms with van der Waals surface area (Å²) in [6.45, 7) is 5.43. The topological polar surface area (TPSA) is 47.6 Å². The number of carbonyl (C=O) groups excluding carboxylic acids is 1. The molecule has 1 saturated heterocycles. The fraction of sp³-hybridized carbons (Fsp3) is 0.390. The van der Waals surface area contributed by atoms with E-state index in [4.69, 9.17) is 0 Å². The average molecular weight is 615 g/mol. The van der Waals surface area contributed by atoms with Gasteiger partial charge in [0.15, 0.2) is 0 Å². The molecule has 6 rings (SSSR count). The fourth-order valence-corrected chi connectivity index (χ4v) is 7.14. The van der Waals surface area contributed by atoms with Crippen LogP contribution >= 0.6 is 0 Å². The Labute approximate surface area is 276 Å². The molecule has 0 unspecified atom stereocenters. The van der Waals surface area contributed by atoms with Crippen molar-refractivity contribution in [3.63, 3.8) is 0 Å². The molecule has 5 nitrogen and oxygen atoms in total. The standard InChI is InChI=1S/C41H50N4O/c46-41(43-38-17-8-3-9-18-38)45(39-25-28-44(29-26-39)31-35-14-6-2-7-15-35)32-37-16-10-11-19-40(37)36-22-20-34(21-23-36)30-42-27-24-33-12-4-1-5-13-33/h1-2,4-7,10-16,19-23,38-39,42H,3,8-9,17-18,24-32H2,(H,43,46). The Morgan fingerprint density at radius 2 is 1.35 bits per heavy atom. The van der Waals surface area contributed by atoms with Crippen LogP contribution in [0.4, 0.5) is 4.79 Å². The number of piperidine rings is 1. The van der Waals surface area contributed by atoms with Gasteiger partial charge in [0, 0.05) is 44.8 Å². The second kappa shape index (κ2) is 16.6. The summed E-state index contributed by atoms with van der Waals surface area (Å²) in [5.74, 6) is 0. The van der Waals surface area contributed by atoms with Gasteiger partial charge >= 0.3 is 6.03 Å². The largest absolute Gasteiger partial charge is 0.335 e. The van der Waals surface area contributed by atoms with E-state index in [1.165, 1.54) is 52.6 Å². The van der Waals surface area contributed by atoms with E-state index in [9.17, 15) is 4.79 Å². The van der Waals surface area contributed by atoms with Crippen molar-refractivity contribution in [2.45, 2.75) is 83.1 Å². The molecule has 1 aliphatic heterocycles. The molecule has 5 heteroatoms. The van der Waals surface area contributed by atoms with Crippen molar-refractivity contribution in [3.05, 3.63) is 131 Å². The van der Waals surface area contributed by atoms with Gasteiger partial charge in [-0.3, -0.25) is 4.90 Å². The number of carbonyl (C=O) groups is 1. The predicted molar refractivity (Wildman–Crippen MR) is 189 cm³/mol. The highest BCUT2D eigenvalue weighted by molar-refractivity contribution is 5.76. The van der Waals surface area contributed by atoms with Crippen LogP contribution in [-0.2, 0) is 26.1 Å². The maximum atomic E-state index is 14.0. The van der Waals surface area contributed by atoms with Crippen LogP contribution in [0.1, 0.15) is 67.2 Å². The molecule has 1 saturated carbocycles. The zero-order chi connectivity index (χ0) is 31.4. The zero-order valence-electron chi connectivity index (χ0n) is 27.2. The number of urea groups is 1. The predicted octanol–water partition coefficient (Wildman–Crippen LogP) is 8.19. The molecule has 4 aromatic carbocycles. The Bertz CT molecular complexity index is 1480. The first-order valence-electron chi connectivity index (χ1n) is 17.5. The van der Waals surface area contributed by atoms with E-state index < -0.39 is 0 Å². The van der Waals surface area contributed by atoms with Gasteiger partial charge in [-0.1, -0.05) is 128 Å². The van der Waals surface area contributed by atoms with Crippen molar-refractivity contribution in [2.24, 2.45) is 0 Å². The number of nitrogens with one attached hydrogen (secondary N) is 2. The normalized spacial score (nSPS) is 16.3. The molecule has 46 heavy (non-hydrogen) atoms. The summed E-state index contributed by atoms with van der Waals surface area (Å²) >= 11 is 0. The molecule has 240 valence electrons. The Balaban J connectivity index is 1.11. The van der Waals surface area contributed by atoms with Crippen LogP contribution in [0, 0.1) is 0 Å². The Kier molecular flexibility index (Phi) is 11.5. The average Bonchev–Trinajstić information content (AvgIpc) is 3.11. The third kappa shape index (κ3) is 9.08. The van der Waals surface area contributed by atoms with Crippen LogP contribution in [0.15, 0.2) is 109 Å². The summed E-state index contributed by atoms with van der Waals surface area (Å²) in [5.41, 5.74) is 7.63. The molecule has 1 heterocycles. The fourth-order valence-electron chi connectivity index (χ4n) is 7.14. The molecule has 2 amide bonds. The quantitative estimate of drug-likeness (QED) is 0.158. The Morgan fingerprint density at radius 3 is 2.07 bits per heavy atom. The highest BCUT2D eigenvalue weighted by Crippen LogP contribution is 2.28. The molecule has 0 spiro atoms. The minimum Gasteiger partial charge on any atom is -0.335 e. The molecule has 0 bridgehead atoms. The van der Waals surface area contributed by atoms with Crippen molar-refractivity contribution in [2.75, 3.05) is 19.6 Å².